The molecule has 1 unspecified atom stereocenters. The highest BCUT2D eigenvalue weighted by Gasteiger charge is 2.22. The van der Waals surface area contributed by atoms with Crippen molar-refractivity contribution in [3.8, 4) is 5.75 Å². The van der Waals surface area contributed by atoms with Gasteiger partial charge in [0, 0.05) is 33.3 Å². The van der Waals surface area contributed by atoms with Crippen LogP contribution < -0.4 is 15.4 Å². The smallest absolute Gasteiger partial charge is 0.407 e. The number of hydrogen-bond donors (Lipinski definition) is 2. The van der Waals surface area contributed by atoms with E-state index >= 15 is 0 Å². The van der Waals surface area contributed by atoms with Crippen molar-refractivity contribution in [1.29, 1.82) is 0 Å². The van der Waals surface area contributed by atoms with Gasteiger partial charge in [0.2, 0.25) is 0 Å². The van der Waals surface area contributed by atoms with Crippen molar-refractivity contribution in [2.75, 3.05) is 39.8 Å². The Morgan fingerprint density at radius 2 is 1.88 bits per heavy atom. The molecule has 2 rings (SSSR count). The van der Waals surface area contributed by atoms with Crippen molar-refractivity contribution in [3.05, 3.63) is 30.3 Å². The van der Waals surface area contributed by atoms with Crippen LogP contribution in [0.25, 0.3) is 0 Å². The zero-order valence-corrected chi connectivity index (χ0v) is 20.2. The van der Waals surface area contributed by atoms with E-state index in [0.717, 1.165) is 44.1 Å². The number of nitrogens with zero attached hydrogens (tertiary/aromatic N) is 2. The lowest BCUT2D eigenvalue weighted by Crippen LogP contribution is -2.48. The Labute approximate surface area is 192 Å². The Morgan fingerprint density at radius 1 is 1.19 bits per heavy atom. The number of alkyl carbamates (subject to hydrolysis) is 1. The van der Waals surface area contributed by atoms with Crippen LogP contribution in [0.3, 0.4) is 0 Å². The van der Waals surface area contributed by atoms with Gasteiger partial charge < -0.3 is 29.7 Å². The van der Waals surface area contributed by atoms with E-state index in [1.807, 2.05) is 65.1 Å². The quantitative estimate of drug-likeness (QED) is 0.342. The molecule has 0 aromatic heterocycles. The number of hydrogen-bond acceptors (Lipinski definition) is 5. The van der Waals surface area contributed by atoms with Gasteiger partial charge in [-0.2, -0.15) is 0 Å². The van der Waals surface area contributed by atoms with Crippen LogP contribution in [0.5, 0.6) is 5.75 Å². The van der Waals surface area contributed by atoms with Crippen molar-refractivity contribution >= 4 is 12.1 Å². The maximum absolute atomic E-state index is 11.6. The van der Waals surface area contributed by atoms with E-state index < -0.39 is 5.60 Å². The maximum atomic E-state index is 11.6. The van der Waals surface area contributed by atoms with Crippen molar-refractivity contribution in [2.45, 2.75) is 64.8 Å². The molecule has 32 heavy (non-hydrogen) atoms. The number of para-hydroxylation sites is 1. The number of ether oxygens (including phenoxy) is 3. The highest BCUT2D eigenvalue weighted by atomic mass is 16.6. The fraction of sp³-hybridized carbons (Fsp3) is 0.667. The molecule has 0 saturated carbocycles. The summed E-state index contributed by atoms with van der Waals surface area (Å²) in [6, 6.07) is 9.84. The van der Waals surface area contributed by atoms with Gasteiger partial charge in [0.1, 0.15) is 17.5 Å². The largest absolute Gasteiger partial charge is 0.489 e. The van der Waals surface area contributed by atoms with Crippen LogP contribution in [0, 0.1) is 0 Å². The second-order valence-corrected chi connectivity index (χ2v) is 9.01. The lowest BCUT2D eigenvalue weighted by molar-refractivity contribution is 0.0169. The number of rotatable bonds is 9. The van der Waals surface area contributed by atoms with Crippen molar-refractivity contribution in [1.82, 2.24) is 15.5 Å². The number of guanidine groups is 1. The number of carbonyl (C=O) groups excluding carboxylic acids is 1. The molecule has 1 atom stereocenters. The molecular weight excluding hydrogens is 408 g/mol. The van der Waals surface area contributed by atoms with E-state index in [2.05, 4.69) is 20.5 Å². The average Bonchev–Trinajstić information content (AvgIpc) is 2.74. The first-order valence-corrected chi connectivity index (χ1v) is 11.5. The average molecular weight is 449 g/mol. The molecular formula is C24H40N4O4. The Hall–Kier alpha value is -2.48. The van der Waals surface area contributed by atoms with Crippen LogP contribution in [0.4, 0.5) is 4.79 Å². The predicted molar refractivity (Wildman–Crippen MR) is 127 cm³/mol. The number of aliphatic imine (C=N–C) groups is 1. The van der Waals surface area contributed by atoms with Crippen LogP contribution in [-0.4, -0.2) is 74.6 Å². The van der Waals surface area contributed by atoms with E-state index in [1.165, 1.54) is 0 Å². The van der Waals surface area contributed by atoms with Gasteiger partial charge in [-0.25, -0.2) is 4.79 Å². The molecule has 1 aliphatic rings. The van der Waals surface area contributed by atoms with Crippen LogP contribution in [0.15, 0.2) is 35.3 Å². The second-order valence-electron chi connectivity index (χ2n) is 9.01. The summed E-state index contributed by atoms with van der Waals surface area (Å²) in [5.74, 6) is 1.77. The summed E-state index contributed by atoms with van der Waals surface area (Å²) in [5, 5.41) is 6.18. The summed E-state index contributed by atoms with van der Waals surface area (Å²) in [4.78, 5) is 18.3. The van der Waals surface area contributed by atoms with Gasteiger partial charge in [-0.1, -0.05) is 18.2 Å². The van der Waals surface area contributed by atoms with Crippen LogP contribution in [0.1, 0.15) is 47.0 Å². The molecule has 1 aromatic rings. The van der Waals surface area contributed by atoms with E-state index in [1.54, 1.807) is 0 Å². The Kier molecular flexibility index (Phi) is 10.6. The minimum absolute atomic E-state index is 0.0318. The van der Waals surface area contributed by atoms with E-state index in [9.17, 15) is 4.79 Å². The molecule has 0 aliphatic carbocycles. The minimum Gasteiger partial charge on any atom is -0.489 e. The Bertz CT molecular complexity index is 698. The molecule has 0 radical (unpaired) electrons. The lowest BCUT2D eigenvalue weighted by Gasteiger charge is -2.34. The molecule has 1 aromatic carbocycles. The lowest BCUT2D eigenvalue weighted by atomic mass is 10.1. The van der Waals surface area contributed by atoms with Crippen LogP contribution in [0.2, 0.25) is 0 Å². The number of amides is 1. The molecule has 1 heterocycles. The molecule has 1 aliphatic heterocycles. The van der Waals surface area contributed by atoms with Gasteiger partial charge in [0.05, 0.1) is 12.6 Å². The van der Waals surface area contributed by atoms with Crippen LogP contribution >= 0.6 is 0 Å². The van der Waals surface area contributed by atoms with Gasteiger partial charge in [-0.15, -0.1) is 0 Å². The molecule has 0 bridgehead atoms. The predicted octanol–water partition coefficient (Wildman–Crippen LogP) is 3.43. The third kappa shape index (κ3) is 10.2. The number of benzene rings is 1. The monoisotopic (exact) mass is 448 g/mol. The number of likely N-dealkylation sites (tertiary alicyclic amines) is 1. The third-order valence-corrected chi connectivity index (χ3v) is 4.92. The third-order valence-electron chi connectivity index (χ3n) is 4.92. The van der Waals surface area contributed by atoms with Gasteiger partial charge in [0.25, 0.3) is 0 Å². The molecule has 2 N–H and O–H groups in total. The summed E-state index contributed by atoms with van der Waals surface area (Å²) in [7, 11) is 1.81. The summed E-state index contributed by atoms with van der Waals surface area (Å²) in [6.07, 6.45) is 2.57. The van der Waals surface area contributed by atoms with Crippen LogP contribution in [-0.2, 0) is 9.47 Å². The minimum atomic E-state index is -0.475. The molecule has 1 amide bonds. The van der Waals surface area contributed by atoms with E-state index in [-0.39, 0.29) is 18.3 Å². The summed E-state index contributed by atoms with van der Waals surface area (Å²) in [6.45, 7) is 11.3. The first-order chi connectivity index (χ1) is 15.3. The SMILES string of the molecule is CN=C(NCC(C)Oc1ccccc1)N1CCC(OCCCNC(=O)OC(C)(C)C)CC1. The molecule has 180 valence electrons. The molecule has 8 nitrogen and oxygen atoms in total. The van der Waals surface area contributed by atoms with Crippen molar-refractivity contribution in [2.24, 2.45) is 4.99 Å². The van der Waals surface area contributed by atoms with Gasteiger partial charge >= 0.3 is 6.09 Å². The molecule has 1 saturated heterocycles. The maximum Gasteiger partial charge on any atom is 0.407 e. The molecule has 8 heteroatoms. The number of piperidine rings is 1. The van der Waals surface area contributed by atoms with Crippen molar-refractivity contribution in [3.63, 3.8) is 0 Å². The number of carbonyl (C=O) groups is 1. The second kappa shape index (κ2) is 13.2. The molecule has 1 fully saturated rings. The number of nitrogens with one attached hydrogen (secondary N) is 2. The summed E-state index contributed by atoms with van der Waals surface area (Å²) in [5.41, 5.74) is -0.475. The van der Waals surface area contributed by atoms with Gasteiger partial charge in [0.15, 0.2) is 5.96 Å². The standard InChI is InChI=1S/C24H40N4O4/c1-19(31-21-10-7-6-8-11-21)18-27-22(25-5)28-15-12-20(13-16-28)30-17-9-14-26-23(29)32-24(2,3)4/h6-8,10-11,19-20H,9,12-18H2,1-5H3,(H,25,27)(H,26,29). The topological polar surface area (TPSA) is 84.4 Å². The highest BCUT2D eigenvalue weighted by molar-refractivity contribution is 5.80. The fourth-order valence-electron chi connectivity index (χ4n) is 3.40. The van der Waals surface area contributed by atoms with E-state index in [0.29, 0.717) is 19.7 Å². The zero-order valence-electron chi connectivity index (χ0n) is 20.2. The normalized spacial score (nSPS) is 16.4. The molecule has 0 spiro atoms. The summed E-state index contributed by atoms with van der Waals surface area (Å²) < 4.78 is 17.1. The highest BCUT2D eigenvalue weighted by Crippen LogP contribution is 2.15. The first-order valence-electron chi connectivity index (χ1n) is 11.5. The van der Waals surface area contributed by atoms with Gasteiger partial charge in [-0.3, -0.25) is 4.99 Å². The zero-order chi connectivity index (χ0) is 23.4. The fourth-order valence-corrected chi connectivity index (χ4v) is 3.40. The summed E-state index contributed by atoms with van der Waals surface area (Å²) >= 11 is 0. The first kappa shape index (κ1) is 25.8. The van der Waals surface area contributed by atoms with E-state index in [4.69, 9.17) is 14.2 Å². The van der Waals surface area contributed by atoms with Gasteiger partial charge in [-0.05, 0) is 59.1 Å². The Morgan fingerprint density at radius 3 is 2.50 bits per heavy atom. The van der Waals surface area contributed by atoms with Crippen molar-refractivity contribution < 1.29 is 19.0 Å². The Balaban J connectivity index is 1.59.